The Morgan fingerprint density at radius 1 is 0.970 bits per heavy atom. The fraction of sp³-hybridized carbons (Fsp3) is 0.182. The molecule has 0 spiro atoms. The molecule has 0 radical (unpaired) electrons. The van der Waals surface area contributed by atoms with Crippen molar-refractivity contribution in [3.8, 4) is 16.9 Å². The van der Waals surface area contributed by atoms with E-state index in [0.717, 1.165) is 5.56 Å². The highest BCUT2D eigenvalue weighted by Gasteiger charge is 2.23. The zero-order chi connectivity index (χ0) is 24.1. The number of carbonyl (C=O) groups is 3. The summed E-state index contributed by atoms with van der Waals surface area (Å²) in [6, 6.07) is 12.0. The Balaban J connectivity index is 1.94. The van der Waals surface area contributed by atoms with Gasteiger partial charge in [-0.3, -0.25) is 14.4 Å². The van der Waals surface area contributed by atoms with Gasteiger partial charge in [0.25, 0.3) is 5.91 Å². The largest absolute Gasteiger partial charge is 0.468 e. The summed E-state index contributed by atoms with van der Waals surface area (Å²) < 4.78 is 6.00. The van der Waals surface area contributed by atoms with Gasteiger partial charge in [0.2, 0.25) is 5.91 Å². The van der Waals surface area contributed by atoms with Crippen molar-refractivity contribution in [2.24, 2.45) is 0 Å². The molecule has 0 atom stereocenters. The Kier molecular flexibility index (Phi) is 7.97. The van der Waals surface area contributed by atoms with Crippen LogP contribution < -0.4 is 10.6 Å². The van der Waals surface area contributed by atoms with Gasteiger partial charge in [-0.25, -0.2) is 4.68 Å². The van der Waals surface area contributed by atoms with Gasteiger partial charge < -0.3 is 15.4 Å². The fourth-order valence-electron chi connectivity index (χ4n) is 3.04. The maximum Gasteiger partial charge on any atom is 0.325 e. The smallest absolute Gasteiger partial charge is 0.325 e. The van der Waals surface area contributed by atoms with E-state index in [4.69, 9.17) is 34.8 Å². The van der Waals surface area contributed by atoms with Crippen molar-refractivity contribution < 1.29 is 19.1 Å². The highest BCUT2D eigenvalue weighted by atomic mass is 35.5. The van der Waals surface area contributed by atoms with E-state index in [-0.39, 0.29) is 18.8 Å². The first kappa shape index (κ1) is 24.6. The summed E-state index contributed by atoms with van der Waals surface area (Å²) in [5, 5.41) is 10.7. The third kappa shape index (κ3) is 5.84. The van der Waals surface area contributed by atoms with E-state index < -0.39 is 17.8 Å². The standard InChI is InChI=1S/C22H19Cl3N4O4/c1-12-20(22(32)27-10-18(30)26-11-19(31)33-2)28-29(17-8-7-15(24)9-16(17)25)21(12)13-3-5-14(23)6-4-13/h3-9H,10-11H2,1-2H3,(H,26,30)(H,27,32). The zero-order valence-corrected chi connectivity index (χ0v) is 19.9. The SMILES string of the molecule is COC(=O)CNC(=O)CNC(=O)c1nn(-c2ccc(Cl)cc2Cl)c(-c2ccc(Cl)cc2)c1C. The predicted molar refractivity (Wildman–Crippen MR) is 126 cm³/mol. The molecule has 2 amide bonds. The maximum atomic E-state index is 12.9. The fourth-order valence-corrected chi connectivity index (χ4v) is 3.65. The van der Waals surface area contributed by atoms with E-state index in [2.05, 4.69) is 20.5 Å². The highest BCUT2D eigenvalue weighted by Crippen LogP contribution is 2.33. The lowest BCUT2D eigenvalue weighted by molar-refractivity contribution is -0.141. The second-order valence-electron chi connectivity index (χ2n) is 6.87. The summed E-state index contributed by atoms with van der Waals surface area (Å²) in [5.74, 6) is -1.72. The van der Waals surface area contributed by atoms with Gasteiger partial charge in [-0.15, -0.1) is 0 Å². The molecule has 33 heavy (non-hydrogen) atoms. The summed E-state index contributed by atoms with van der Waals surface area (Å²) >= 11 is 18.5. The summed E-state index contributed by atoms with van der Waals surface area (Å²) in [7, 11) is 1.21. The molecule has 0 aliphatic rings. The average molecular weight is 510 g/mol. The monoisotopic (exact) mass is 508 g/mol. The molecule has 172 valence electrons. The van der Waals surface area contributed by atoms with Crippen LogP contribution in [0.2, 0.25) is 15.1 Å². The molecule has 0 unspecified atom stereocenters. The van der Waals surface area contributed by atoms with E-state index in [1.54, 1.807) is 54.1 Å². The molecule has 0 aliphatic carbocycles. The van der Waals surface area contributed by atoms with Gasteiger partial charge in [0, 0.05) is 21.2 Å². The lowest BCUT2D eigenvalue weighted by Crippen LogP contribution is -2.39. The maximum absolute atomic E-state index is 12.9. The number of ether oxygens (including phenoxy) is 1. The zero-order valence-electron chi connectivity index (χ0n) is 17.6. The van der Waals surface area contributed by atoms with Crippen molar-refractivity contribution in [2.75, 3.05) is 20.2 Å². The molecule has 3 aromatic rings. The molecule has 11 heteroatoms. The predicted octanol–water partition coefficient (Wildman–Crippen LogP) is 3.83. The third-order valence-corrected chi connectivity index (χ3v) is 5.45. The number of rotatable bonds is 7. The van der Waals surface area contributed by atoms with Gasteiger partial charge in [-0.2, -0.15) is 5.10 Å². The molecule has 8 nitrogen and oxygen atoms in total. The van der Waals surface area contributed by atoms with E-state index in [1.165, 1.54) is 7.11 Å². The first-order chi connectivity index (χ1) is 15.7. The summed E-state index contributed by atoms with van der Waals surface area (Å²) in [6.07, 6.45) is 0. The number of amides is 2. The molecule has 1 heterocycles. The number of methoxy groups -OCH3 is 1. The number of hydrogen-bond acceptors (Lipinski definition) is 5. The van der Waals surface area contributed by atoms with Crippen LogP contribution in [0.4, 0.5) is 0 Å². The van der Waals surface area contributed by atoms with Gasteiger partial charge in [0.05, 0.1) is 30.1 Å². The molecular formula is C22H19Cl3N4O4. The molecule has 2 aromatic carbocycles. The van der Waals surface area contributed by atoms with E-state index in [9.17, 15) is 14.4 Å². The van der Waals surface area contributed by atoms with Crippen LogP contribution in [0.15, 0.2) is 42.5 Å². The van der Waals surface area contributed by atoms with Crippen LogP contribution in [0.1, 0.15) is 16.1 Å². The number of aromatic nitrogens is 2. The van der Waals surface area contributed by atoms with Crippen LogP contribution in [0.5, 0.6) is 0 Å². The van der Waals surface area contributed by atoms with Gasteiger partial charge in [-0.1, -0.05) is 46.9 Å². The minimum atomic E-state index is -0.600. The van der Waals surface area contributed by atoms with Crippen LogP contribution in [0.3, 0.4) is 0 Å². The number of hydrogen-bond donors (Lipinski definition) is 2. The van der Waals surface area contributed by atoms with Crippen molar-refractivity contribution in [3.05, 3.63) is 68.8 Å². The minimum Gasteiger partial charge on any atom is -0.468 e. The number of nitrogens with one attached hydrogen (secondary N) is 2. The van der Waals surface area contributed by atoms with Crippen molar-refractivity contribution in [1.82, 2.24) is 20.4 Å². The van der Waals surface area contributed by atoms with Crippen LogP contribution in [-0.2, 0) is 14.3 Å². The number of carbonyl (C=O) groups excluding carboxylic acids is 3. The van der Waals surface area contributed by atoms with Crippen LogP contribution in [0, 0.1) is 6.92 Å². The normalized spacial score (nSPS) is 10.6. The quantitative estimate of drug-likeness (QED) is 0.471. The lowest BCUT2D eigenvalue weighted by Gasteiger charge is -2.11. The number of nitrogens with zero attached hydrogens (tertiary/aromatic N) is 2. The first-order valence-corrected chi connectivity index (χ1v) is 10.8. The van der Waals surface area contributed by atoms with Gasteiger partial charge in [0.15, 0.2) is 5.69 Å². The number of halogens is 3. The topological polar surface area (TPSA) is 102 Å². The molecular weight excluding hydrogens is 491 g/mol. The lowest BCUT2D eigenvalue weighted by atomic mass is 10.1. The summed E-state index contributed by atoms with van der Waals surface area (Å²) in [4.78, 5) is 35.9. The Labute approximate surface area is 204 Å². The molecule has 0 fully saturated rings. The van der Waals surface area contributed by atoms with E-state index >= 15 is 0 Å². The van der Waals surface area contributed by atoms with Crippen LogP contribution in [-0.4, -0.2) is 47.8 Å². The first-order valence-electron chi connectivity index (χ1n) is 9.64. The molecule has 1 aromatic heterocycles. The van der Waals surface area contributed by atoms with E-state index in [1.807, 2.05) is 0 Å². The second kappa shape index (κ2) is 10.7. The summed E-state index contributed by atoms with van der Waals surface area (Å²) in [6.45, 7) is 1.10. The molecule has 0 saturated heterocycles. The summed E-state index contributed by atoms with van der Waals surface area (Å²) in [5.41, 5.74) is 2.56. The number of esters is 1. The van der Waals surface area contributed by atoms with Crippen LogP contribution >= 0.6 is 34.8 Å². The van der Waals surface area contributed by atoms with Gasteiger partial charge in [0.1, 0.15) is 6.54 Å². The highest BCUT2D eigenvalue weighted by molar-refractivity contribution is 6.35. The van der Waals surface area contributed by atoms with Crippen molar-refractivity contribution >= 4 is 52.6 Å². The van der Waals surface area contributed by atoms with E-state index in [0.29, 0.717) is 32.0 Å². The molecule has 0 saturated carbocycles. The Hall–Kier alpha value is -3.07. The number of benzene rings is 2. The minimum absolute atomic E-state index is 0.103. The molecule has 3 rings (SSSR count). The second-order valence-corrected chi connectivity index (χ2v) is 8.15. The Morgan fingerprint density at radius 3 is 2.27 bits per heavy atom. The average Bonchev–Trinajstić information content (AvgIpc) is 3.13. The van der Waals surface area contributed by atoms with Crippen molar-refractivity contribution in [3.63, 3.8) is 0 Å². The third-order valence-electron chi connectivity index (χ3n) is 4.66. The van der Waals surface area contributed by atoms with Gasteiger partial charge in [-0.05, 0) is 37.3 Å². The molecule has 0 aliphatic heterocycles. The Morgan fingerprint density at radius 2 is 1.64 bits per heavy atom. The molecule has 0 bridgehead atoms. The van der Waals surface area contributed by atoms with Crippen LogP contribution in [0.25, 0.3) is 16.9 Å². The Bertz CT molecular complexity index is 1210. The molecule has 2 N–H and O–H groups in total. The van der Waals surface area contributed by atoms with Gasteiger partial charge >= 0.3 is 5.97 Å². The van der Waals surface area contributed by atoms with Crippen molar-refractivity contribution in [1.29, 1.82) is 0 Å². The van der Waals surface area contributed by atoms with Crippen molar-refractivity contribution in [2.45, 2.75) is 6.92 Å².